The van der Waals surface area contributed by atoms with Gasteiger partial charge in [-0.25, -0.2) is 9.07 Å². The molecule has 0 aliphatic rings. The number of aryl methyl sites for hydroxylation is 3. The molecule has 1 amide bonds. The molecule has 6 heteroatoms. The average Bonchev–Trinajstić information content (AvgIpc) is 3.04. The largest absolute Gasteiger partial charge is 0.494 e. The Kier molecular flexibility index (Phi) is 6.32. The first-order valence-corrected chi connectivity index (χ1v) is 9.62. The van der Waals surface area contributed by atoms with Crippen LogP contribution in [0.3, 0.4) is 0 Å². The summed E-state index contributed by atoms with van der Waals surface area (Å²) in [5.41, 5.74) is 4.81. The van der Waals surface area contributed by atoms with Crippen molar-refractivity contribution < 1.29 is 13.9 Å². The fraction of sp³-hybridized carbons (Fsp3) is 0.304. The van der Waals surface area contributed by atoms with Crippen LogP contribution < -0.4 is 10.1 Å². The van der Waals surface area contributed by atoms with Gasteiger partial charge >= 0.3 is 0 Å². The van der Waals surface area contributed by atoms with Gasteiger partial charge in [-0.1, -0.05) is 18.2 Å². The Morgan fingerprint density at radius 3 is 2.48 bits per heavy atom. The molecule has 29 heavy (non-hydrogen) atoms. The van der Waals surface area contributed by atoms with E-state index in [9.17, 15) is 9.18 Å². The topological polar surface area (TPSA) is 56.1 Å². The van der Waals surface area contributed by atoms with Crippen LogP contribution in [-0.2, 0) is 11.2 Å². The van der Waals surface area contributed by atoms with Crippen molar-refractivity contribution in [1.29, 1.82) is 0 Å². The number of rotatable bonds is 7. The fourth-order valence-electron chi connectivity index (χ4n) is 3.31. The van der Waals surface area contributed by atoms with Crippen molar-refractivity contribution in [3.8, 4) is 11.4 Å². The van der Waals surface area contributed by atoms with E-state index in [-0.39, 0.29) is 17.7 Å². The van der Waals surface area contributed by atoms with E-state index in [2.05, 4.69) is 10.4 Å². The molecule has 152 valence electrons. The summed E-state index contributed by atoms with van der Waals surface area (Å²) >= 11 is 0. The molecule has 0 spiro atoms. The van der Waals surface area contributed by atoms with Gasteiger partial charge in [-0.3, -0.25) is 4.79 Å². The second-order valence-electron chi connectivity index (χ2n) is 7.19. The molecule has 1 N–H and O–H groups in total. The summed E-state index contributed by atoms with van der Waals surface area (Å²) in [6.45, 7) is 5.94. The van der Waals surface area contributed by atoms with Crippen molar-refractivity contribution in [1.82, 2.24) is 15.1 Å². The van der Waals surface area contributed by atoms with Crippen LogP contribution in [0.5, 0.6) is 5.75 Å². The molecule has 3 aromatic rings. The number of methoxy groups -OCH3 is 1. The van der Waals surface area contributed by atoms with Crippen LogP contribution in [0.2, 0.25) is 0 Å². The summed E-state index contributed by atoms with van der Waals surface area (Å²) < 4.78 is 20.6. The number of carbonyl (C=O) groups excluding carboxylic acids is 1. The number of ether oxygens (including phenoxy) is 1. The third kappa shape index (κ3) is 5.02. The number of hydrogen-bond donors (Lipinski definition) is 1. The van der Waals surface area contributed by atoms with Crippen LogP contribution in [-0.4, -0.2) is 22.8 Å². The lowest BCUT2D eigenvalue weighted by Gasteiger charge is -2.15. The number of halogens is 1. The Bertz CT molecular complexity index is 996. The minimum absolute atomic E-state index is 0.0728. The molecule has 3 rings (SSSR count). The standard InChI is InChI=1S/C23H26FN3O2/c1-15-13-16(2)27(26-15)20-9-7-19(8-10-20)17(3)25-23(28)12-6-18-5-11-22(29-4)21(24)14-18/h5,7-11,13-14,17H,6,12H2,1-4H3,(H,25,28)/t17-/m1/s1. The van der Waals surface area contributed by atoms with Crippen molar-refractivity contribution in [2.24, 2.45) is 0 Å². The SMILES string of the molecule is COc1ccc(CCC(=O)N[C@H](C)c2ccc(-n3nc(C)cc3C)cc2)cc1F. The highest BCUT2D eigenvalue weighted by molar-refractivity contribution is 5.76. The molecule has 0 fully saturated rings. The van der Waals surface area contributed by atoms with E-state index >= 15 is 0 Å². The monoisotopic (exact) mass is 395 g/mol. The number of benzene rings is 2. The van der Waals surface area contributed by atoms with E-state index in [1.807, 2.05) is 55.8 Å². The predicted octanol–water partition coefficient (Wildman–Crippen LogP) is 4.45. The first kappa shape index (κ1) is 20.6. The average molecular weight is 395 g/mol. The molecule has 0 aliphatic heterocycles. The quantitative estimate of drug-likeness (QED) is 0.643. The van der Waals surface area contributed by atoms with Crippen molar-refractivity contribution in [3.63, 3.8) is 0 Å². The molecule has 0 saturated heterocycles. The first-order valence-electron chi connectivity index (χ1n) is 9.62. The van der Waals surface area contributed by atoms with Gasteiger partial charge in [0.25, 0.3) is 0 Å². The van der Waals surface area contributed by atoms with Crippen LogP contribution in [0.1, 0.15) is 41.9 Å². The van der Waals surface area contributed by atoms with Gasteiger partial charge in [0.1, 0.15) is 0 Å². The molecule has 0 unspecified atom stereocenters. The van der Waals surface area contributed by atoms with Gasteiger partial charge < -0.3 is 10.1 Å². The number of nitrogens with one attached hydrogen (secondary N) is 1. The zero-order valence-electron chi connectivity index (χ0n) is 17.2. The highest BCUT2D eigenvalue weighted by atomic mass is 19.1. The number of hydrogen-bond acceptors (Lipinski definition) is 3. The van der Waals surface area contributed by atoms with Crippen LogP contribution in [0.15, 0.2) is 48.5 Å². The van der Waals surface area contributed by atoms with Crippen molar-refractivity contribution in [2.45, 2.75) is 39.7 Å². The number of amides is 1. The normalized spacial score (nSPS) is 11.9. The number of nitrogens with zero attached hydrogens (tertiary/aromatic N) is 2. The molecular formula is C23H26FN3O2. The van der Waals surface area contributed by atoms with Crippen molar-refractivity contribution in [3.05, 3.63) is 76.9 Å². The van der Waals surface area contributed by atoms with Crippen LogP contribution in [0, 0.1) is 19.7 Å². The molecule has 1 atom stereocenters. The van der Waals surface area contributed by atoms with E-state index in [4.69, 9.17) is 4.74 Å². The highest BCUT2D eigenvalue weighted by Gasteiger charge is 2.12. The minimum atomic E-state index is -0.415. The van der Waals surface area contributed by atoms with E-state index in [1.165, 1.54) is 13.2 Å². The highest BCUT2D eigenvalue weighted by Crippen LogP contribution is 2.20. The maximum absolute atomic E-state index is 13.8. The Morgan fingerprint density at radius 1 is 1.17 bits per heavy atom. The van der Waals surface area contributed by atoms with E-state index < -0.39 is 5.82 Å². The lowest BCUT2D eigenvalue weighted by atomic mass is 10.1. The maximum atomic E-state index is 13.8. The molecule has 0 radical (unpaired) electrons. The summed E-state index contributed by atoms with van der Waals surface area (Å²) in [6.07, 6.45) is 0.760. The summed E-state index contributed by atoms with van der Waals surface area (Å²) in [5.74, 6) is -0.284. The second-order valence-corrected chi connectivity index (χ2v) is 7.19. The van der Waals surface area contributed by atoms with E-state index in [0.29, 0.717) is 12.8 Å². The Labute approximate surface area is 170 Å². The Balaban J connectivity index is 1.56. The Hall–Kier alpha value is -3.15. The van der Waals surface area contributed by atoms with Gasteiger partial charge in [0.15, 0.2) is 11.6 Å². The summed E-state index contributed by atoms with van der Waals surface area (Å²) in [7, 11) is 1.43. The second kappa shape index (κ2) is 8.90. The molecule has 1 heterocycles. The van der Waals surface area contributed by atoms with Gasteiger partial charge in [-0.05, 0) is 68.7 Å². The predicted molar refractivity (Wildman–Crippen MR) is 111 cm³/mol. The molecule has 0 bridgehead atoms. The van der Waals surface area contributed by atoms with Gasteiger partial charge in [-0.2, -0.15) is 5.10 Å². The first-order chi connectivity index (χ1) is 13.9. The van der Waals surface area contributed by atoms with E-state index in [0.717, 1.165) is 28.2 Å². The van der Waals surface area contributed by atoms with Gasteiger partial charge in [0.05, 0.1) is 24.5 Å². The molecule has 2 aromatic carbocycles. The lowest BCUT2D eigenvalue weighted by Crippen LogP contribution is -2.26. The third-order valence-electron chi connectivity index (χ3n) is 4.88. The zero-order chi connectivity index (χ0) is 21.0. The van der Waals surface area contributed by atoms with Crippen LogP contribution in [0.25, 0.3) is 5.69 Å². The number of aromatic nitrogens is 2. The zero-order valence-corrected chi connectivity index (χ0v) is 17.2. The van der Waals surface area contributed by atoms with E-state index in [1.54, 1.807) is 12.1 Å². The summed E-state index contributed by atoms with van der Waals surface area (Å²) in [5, 5.41) is 7.48. The van der Waals surface area contributed by atoms with Gasteiger partial charge in [0, 0.05) is 12.1 Å². The third-order valence-corrected chi connectivity index (χ3v) is 4.88. The molecule has 0 saturated carbocycles. The minimum Gasteiger partial charge on any atom is -0.494 e. The van der Waals surface area contributed by atoms with Crippen LogP contribution >= 0.6 is 0 Å². The van der Waals surface area contributed by atoms with Crippen molar-refractivity contribution >= 4 is 5.91 Å². The van der Waals surface area contributed by atoms with Gasteiger partial charge in [0.2, 0.25) is 5.91 Å². The molecular weight excluding hydrogens is 369 g/mol. The maximum Gasteiger partial charge on any atom is 0.220 e. The molecule has 5 nitrogen and oxygen atoms in total. The summed E-state index contributed by atoms with van der Waals surface area (Å²) in [4.78, 5) is 12.3. The van der Waals surface area contributed by atoms with Gasteiger partial charge in [-0.15, -0.1) is 0 Å². The lowest BCUT2D eigenvalue weighted by molar-refractivity contribution is -0.121. The van der Waals surface area contributed by atoms with Crippen LogP contribution in [0.4, 0.5) is 4.39 Å². The smallest absolute Gasteiger partial charge is 0.220 e. The number of carbonyl (C=O) groups is 1. The fourth-order valence-corrected chi connectivity index (χ4v) is 3.31. The Morgan fingerprint density at radius 2 is 1.90 bits per heavy atom. The van der Waals surface area contributed by atoms with Crippen molar-refractivity contribution in [2.75, 3.05) is 7.11 Å². The summed E-state index contributed by atoms with van der Waals surface area (Å²) in [6, 6.07) is 14.7. The molecule has 0 aliphatic carbocycles. The molecule has 1 aromatic heterocycles.